The summed E-state index contributed by atoms with van der Waals surface area (Å²) in [5.41, 5.74) is 0.571. The van der Waals surface area contributed by atoms with Crippen LogP contribution in [0.1, 0.15) is 108 Å². The SMILES string of the molecule is CCOC(C)OC1(C)CCC(O[Si](CC)(CC)CC)CC(=O)OC(/C(C)=C/C=C/C(C)CC2OC2C(C)C(CC)OC(=O)Nc2ccccc2)C(C)/C=C/C1OC(=O)N1CCN(C)CC1. The zero-order valence-electron chi connectivity index (χ0n) is 41.7. The summed E-state index contributed by atoms with van der Waals surface area (Å²) >= 11 is 0. The minimum atomic E-state index is -2.15. The van der Waals surface area contributed by atoms with Crippen LogP contribution < -0.4 is 5.32 Å². The number of carbonyl (C=O) groups is 3. The number of hydrogen-bond donors (Lipinski definition) is 1. The number of benzene rings is 1. The molecule has 0 spiro atoms. The van der Waals surface area contributed by atoms with E-state index >= 15 is 0 Å². The van der Waals surface area contributed by atoms with Gasteiger partial charge in [-0.05, 0) is 108 Å². The number of anilines is 1. The van der Waals surface area contributed by atoms with Crippen molar-refractivity contribution in [1.82, 2.24) is 9.80 Å². The van der Waals surface area contributed by atoms with Gasteiger partial charge in [-0.15, -0.1) is 0 Å². The monoisotopic (exact) mass is 926 g/mol. The van der Waals surface area contributed by atoms with E-state index in [0.29, 0.717) is 44.6 Å². The number of allylic oxidation sites excluding steroid dienone is 3. The Labute approximate surface area is 392 Å². The third-order valence-electron chi connectivity index (χ3n) is 13.7. The van der Waals surface area contributed by atoms with Gasteiger partial charge in [0.15, 0.2) is 20.7 Å². The Hall–Kier alpha value is -3.53. The van der Waals surface area contributed by atoms with Gasteiger partial charge in [0.1, 0.15) is 17.8 Å². The molecule has 4 rings (SSSR count). The van der Waals surface area contributed by atoms with E-state index in [1.165, 1.54) is 0 Å². The number of epoxide rings is 1. The molecule has 13 nitrogen and oxygen atoms in total. The highest BCUT2D eigenvalue weighted by Gasteiger charge is 2.47. The highest BCUT2D eigenvalue weighted by Crippen LogP contribution is 2.38. The van der Waals surface area contributed by atoms with Crippen LogP contribution in [0.3, 0.4) is 0 Å². The van der Waals surface area contributed by atoms with Crippen molar-refractivity contribution in [2.45, 2.75) is 175 Å². The molecule has 2 saturated heterocycles. The molecule has 11 unspecified atom stereocenters. The molecule has 0 radical (unpaired) electrons. The fraction of sp³-hybridized carbons (Fsp3) is 0.706. The fourth-order valence-electron chi connectivity index (χ4n) is 9.15. The van der Waals surface area contributed by atoms with Gasteiger partial charge < -0.3 is 42.6 Å². The number of amides is 2. The first-order valence-corrected chi connectivity index (χ1v) is 27.0. The largest absolute Gasteiger partial charge is 0.457 e. The lowest BCUT2D eigenvalue weighted by Gasteiger charge is -2.41. The van der Waals surface area contributed by atoms with E-state index in [9.17, 15) is 14.4 Å². The van der Waals surface area contributed by atoms with Gasteiger partial charge in [0.2, 0.25) is 0 Å². The van der Waals surface area contributed by atoms with Crippen molar-refractivity contribution in [1.29, 1.82) is 0 Å². The van der Waals surface area contributed by atoms with Crippen molar-refractivity contribution in [3.63, 3.8) is 0 Å². The summed E-state index contributed by atoms with van der Waals surface area (Å²) in [5, 5.41) is 2.81. The van der Waals surface area contributed by atoms with Crippen LogP contribution in [0.5, 0.6) is 0 Å². The lowest BCUT2D eigenvalue weighted by atomic mass is 9.88. The van der Waals surface area contributed by atoms with Crippen molar-refractivity contribution < 1.29 is 47.2 Å². The number of piperazine rings is 1. The quantitative estimate of drug-likeness (QED) is 0.0254. The third kappa shape index (κ3) is 16.6. The molecule has 65 heavy (non-hydrogen) atoms. The van der Waals surface area contributed by atoms with Crippen molar-refractivity contribution in [3.8, 4) is 0 Å². The summed E-state index contributed by atoms with van der Waals surface area (Å²) in [7, 11) is -0.0954. The van der Waals surface area contributed by atoms with Gasteiger partial charge >= 0.3 is 18.2 Å². The predicted octanol–water partition coefficient (Wildman–Crippen LogP) is 10.5. The first-order chi connectivity index (χ1) is 31.0. The molecule has 0 bridgehead atoms. The first kappa shape index (κ1) is 54.1. The maximum absolute atomic E-state index is 14.0. The molecule has 3 heterocycles. The molecule has 366 valence electrons. The Kier molecular flexibility index (Phi) is 21.7. The highest BCUT2D eigenvalue weighted by atomic mass is 28.4. The predicted molar refractivity (Wildman–Crippen MR) is 259 cm³/mol. The van der Waals surface area contributed by atoms with Crippen LogP contribution in [0.4, 0.5) is 15.3 Å². The Balaban J connectivity index is 1.54. The molecular formula is C51H83N3O10Si. The van der Waals surface area contributed by atoms with Crippen LogP contribution in [0.2, 0.25) is 18.1 Å². The van der Waals surface area contributed by atoms with Crippen LogP contribution in [-0.2, 0) is 37.6 Å². The summed E-state index contributed by atoms with van der Waals surface area (Å²) in [6.07, 6.45) is 9.30. The molecule has 2 fully saturated rings. The minimum absolute atomic E-state index is 0.00720. The van der Waals surface area contributed by atoms with Gasteiger partial charge in [-0.25, -0.2) is 9.59 Å². The zero-order chi connectivity index (χ0) is 47.7. The second-order valence-corrected chi connectivity index (χ2v) is 23.5. The van der Waals surface area contributed by atoms with E-state index in [1.54, 1.807) is 4.90 Å². The Bertz CT molecular complexity index is 1710. The number of para-hydroxylation sites is 1. The summed E-state index contributed by atoms with van der Waals surface area (Å²) in [6, 6.07) is 12.1. The van der Waals surface area contributed by atoms with Crippen molar-refractivity contribution >= 4 is 32.2 Å². The molecule has 0 aromatic heterocycles. The zero-order valence-corrected chi connectivity index (χ0v) is 42.7. The number of ether oxygens (including phenoxy) is 6. The smallest absolute Gasteiger partial charge is 0.411 e. The minimum Gasteiger partial charge on any atom is -0.457 e. The number of hydrogen-bond acceptors (Lipinski definition) is 11. The second-order valence-electron chi connectivity index (χ2n) is 18.8. The number of nitrogens with zero attached hydrogens (tertiary/aromatic N) is 2. The maximum Gasteiger partial charge on any atom is 0.411 e. The summed E-state index contributed by atoms with van der Waals surface area (Å²) in [4.78, 5) is 44.5. The van der Waals surface area contributed by atoms with Gasteiger partial charge in [-0.2, -0.15) is 0 Å². The average molecular weight is 926 g/mol. The number of rotatable bonds is 20. The van der Waals surface area contributed by atoms with E-state index in [4.69, 9.17) is 32.8 Å². The highest BCUT2D eigenvalue weighted by molar-refractivity contribution is 6.73. The number of esters is 1. The van der Waals surface area contributed by atoms with Gasteiger partial charge in [0.25, 0.3) is 0 Å². The molecular weight excluding hydrogens is 843 g/mol. The van der Waals surface area contributed by atoms with Gasteiger partial charge in [-0.3, -0.25) is 10.1 Å². The summed E-state index contributed by atoms with van der Waals surface area (Å²) in [5.74, 6) is -0.347. The molecule has 0 saturated carbocycles. The molecule has 3 aliphatic rings. The molecule has 2 amide bonds. The van der Waals surface area contributed by atoms with Crippen LogP contribution in [-0.4, -0.2) is 125 Å². The molecule has 1 aromatic carbocycles. The normalized spacial score (nSPS) is 28.5. The van der Waals surface area contributed by atoms with Crippen LogP contribution in [0.15, 0.2) is 66.3 Å². The lowest BCUT2D eigenvalue weighted by Crippen LogP contribution is -2.52. The number of carbonyl (C=O) groups excluding carboxylic acids is 3. The van der Waals surface area contributed by atoms with E-state index in [1.807, 2.05) is 96.2 Å². The van der Waals surface area contributed by atoms with Crippen molar-refractivity contribution in [3.05, 3.63) is 66.3 Å². The van der Waals surface area contributed by atoms with Crippen LogP contribution >= 0.6 is 0 Å². The number of likely N-dealkylation sites (N-methyl/N-ethyl adjacent to an activating group) is 1. The van der Waals surface area contributed by atoms with E-state index in [0.717, 1.165) is 43.2 Å². The maximum atomic E-state index is 14.0. The van der Waals surface area contributed by atoms with Crippen LogP contribution in [0.25, 0.3) is 0 Å². The average Bonchev–Trinajstić information content (AvgIpc) is 4.05. The van der Waals surface area contributed by atoms with Crippen molar-refractivity contribution in [2.75, 3.05) is 45.2 Å². The molecule has 0 aliphatic carbocycles. The molecule has 1 N–H and O–H groups in total. The fourth-order valence-corrected chi connectivity index (χ4v) is 12.1. The number of nitrogens with one attached hydrogen (secondary N) is 1. The van der Waals surface area contributed by atoms with E-state index in [-0.39, 0.29) is 54.5 Å². The van der Waals surface area contributed by atoms with Crippen molar-refractivity contribution in [2.24, 2.45) is 17.8 Å². The Morgan fingerprint density at radius 3 is 2.31 bits per heavy atom. The molecule has 14 heteroatoms. The molecule has 3 aliphatic heterocycles. The summed E-state index contributed by atoms with van der Waals surface area (Å²) in [6.45, 7) is 25.8. The standard InChI is InChI=1S/C51H83N3O10Si/c1-13-43(60-49(56)52-41-24-19-18-20-25-41)39(9)48-44(59-48)34-36(6)22-21-23-37(7)47-38(8)26-27-45(61-50(57)54-32-30-53(12)31-33-54)51(11,63-40(10)58-14-2)29-28-42(35-46(55)62-47)64-65(15-3,16-4)17-5/h18-27,36,38-40,42-45,47-48H,13-17,28-35H2,1-12H3,(H,52,56)/b22-21+,27-26+,37-23+. The van der Waals surface area contributed by atoms with Gasteiger partial charge in [0.05, 0.1) is 24.7 Å². The Morgan fingerprint density at radius 1 is 1.00 bits per heavy atom. The van der Waals surface area contributed by atoms with Crippen LogP contribution in [0, 0.1) is 17.8 Å². The topological polar surface area (TPSA) is 138 Å². The lowest BCUT2D eigenvalue weighted by molar-refractivity contribution is -0.222. The molecule has 11 atom stereocenters. The first-order valence-electron chi connectivity index (χ1n) is 24.5. The third-order valence-corrected chi connectivity index (χ3v) is 18.4. The van der Waals surface area contributed by atoms with Gasteiger partial charge in [0, 0.05) is 50.3 Å². The van der Waals surface area contributed by atoms with E-state index in [2.05, 4.69) is 58.0 Å². The molecule has 1 aromatic rings. The summed E-state index contributed by atoms with van der Waals surface area (Å²) < 4.78 is 44.5. The van der Waals surface area contributed by atoms with E-state index < -0.39 is 44.6 Å². The Morgan fingerprint density at radius 2 is 1.68 bits per heavy atom. The van der Waals surface area contributed by atoms with Gasteiger partial charge in [-0.1, -0.05) is 91.0 Å². The number of cyclic esters (lactones) is 1. The second kappa shape index (κ2) is 26.1.